The van der Waals surface area contributed by atoms with E-state index in [9.17, 15) is 29.1 Å². The van der Waals surface area contributed by atoms with Gasteiger partial charge in [-0.25, -0.2) is 0 Å². The summed E-state index contributed by atoms with van der Waals surface area (Å²) >= 11 is 11.7. The van der Waals surface area contributed by atoms with Gasteiger partial charge in [0.25, 0.3) is 29.5 Å². The molecule has 6 aromatic rings. The van der Waals surface area contributed by atoms with Gasteiger partial charge in [-0.05, 0) is 79.6 Å². The molecule has 0 aliphatic heterocycles. The molecular weight excluding hydrogens is 813 g/mol. The summed E-state index contributed by atoms with van der Waals surface area (Å²) < 4.78 is 2.71. The van der Waals surface area contributed by atoms with Gasteiger partial charge < -0.3 is 42.9 Å². The molecule has 17 nitrogen and oxygen atoms in total. The molecule has 6 rings (SSSR count). The number of hydrogen-bond acceptors (Lipinski definition) is 10. The van der Waals surface area contributed by atoms with Crippen LogP contribution in [0.4, 0.5) is 23.0 Å². The Bertz CT molecular complexity index is 2670. The second kappa shape index (κ2) is 18.8. The highest BCUT2D eigenvalue weighted by atomic mass is 35.5. The van der Waals surface area contributed by atoms with E-state index in [0.29, 0.717) is 43.7 Å². The van der Waals surface area contributed by atoms with Gasteiger partial charge in [0.2, 0.25) is 0 Å². The number of phenolic OH excluding ortho intramolecular Hbond substituents is 1. The molecule has 9 N–H and O–H groups in total. The quantitative estimate of drug-likeness (QED) is 0.0510. The zero-order valence-corrected chi connectivity index (χ0v) is 33.9. The third kappa shape index (κ3) is 10.5. The summed E-state index contributed by atoms with van der Waals surface area (Å²) in [5.41, 5.74) is 8.91. The molecule has 0 atom stereocenters. The molecule has 2 aromatic heterocycles. The van der Waals surface area contributed by atoms with E-state index in [1.807, 2.05) is 0 Å². The lowest BCUT2D eigenvalue weighted by Crippen LogP contribution is -2.21. The van der Waals surface area contributed by atoms with Crippen molar-refractivity contribution in [1.82, 2.24) is 19.6 Å². The minimum atomic E-state index is -0.749. The summed E-state index contributed by atoms with van der Waals surface area (Å²) in [5, 5.41) is 44.4. The Hall–Kier alpha value is -7.63. The zero-order chi connectivity index (χ0) is 43.8. The number of rotatable bonds is 11. The molecule has 2 heterocycles. The van der Waals surface area contributed by atoms with Crippen LogP contribution in [-0.2, 0) is 14.1 Å². The van der Waals surface area contributed by atoms with E-state index in [1.54, 1.807) is 76.5 Å². The lowest BCUT2D eigenvalue weighted by molar-refractivity contribution is 0.0995. The summed E-state index contributed by atoms with van der Waals surface area (Å²) in [7, 11) is 3.17. The SMILES string of the molecule is CC(=N)c1ccc(C(=O)Nc2c(C(=O)Nc3ccc(Cl)cc3C(N)=O)cnn2C)cc1.CC(=N)c1ccc(C(=O)Nc2c(C(=O)Nc3ccc(Cl)cc3O)cnn2C)cc1. The van der Waals surface area contributed by atoms with Crippen molar-refractivity contribution in [3.63, 3.8) is 0 Å². The van der Waals surface area contributed by atoms with Crippen molar-refractivity contribution in [2.45, 2.75) is 13.8 Å². The first-order valence-electron chi connectivity index (χ1n) is 17.6. The summed E-state index contributed by atoms with van der Waals surface area (Å²) in [6.07, 6.45) is 2.62. The van der Waals surface area contributed by atoms with E-state index in [1.165, 1.54) is 58.2 Å². The van der Waals surface area contributed by atoms with Gasteiger partial charge in [-0.15, -0.1) is 0 Å². The lowest BCUT2D eigenvalue weighted by Gasteiger charge is -2.11. The monoisotopic (exact) mass is 849 g/mol. The maximum absolute atomic E-state index is 12.8. The van der Waals surface area contributed by atoms with Crippen molar-refractivity contribution in [3.05, 3.63) is 146 Å². The van der Waals surface area contributed by atoms with Gasteiger partial charge in [-0.3, -0.25) is 33.3 Å². The van der Waals surface area contributed by atoms with Crippen LogP contribution >= 0.6 is 23.2 Å². The fourth-order valence-electron chi connectivity index (χ4n) is 5.43. The molecule has 0 aliphatic carbocycles. The molecule has 4 aromatic carbocycles. The molecule has 19 heteroatoms. The molecule has 0 radical (unpaired) electrons. The van der Waals surface area contributed by atoms with Crippen LogP contribution in [0.1, 0.15) is 76.8 Å². The molecule has 0 spiro atoms. The topological polar surface area (TPSA) is 263 Å². The van der Waals surface area contributed by atoms with Gasteiger partial charge in [0.15, 0.2) is 0 Å². The first kappa shape index (κ1) is 43.5. The number of nitrogens with two attached hydrogens (primary N) is 1. The van der Waals surface area contributed by atoms with Crippen LogP contribution in [-0.4, -0.2) is 65.6 Å². The van der Waals surface area contributed by atoms with Crippen LogP contribution in [0.5, 0.6) is 5.75 Å². The fraction of sp³-hybridized carbons (Fsp3) is 0.0976. The van der Waals surface area contributed by atoms with Gasteiger partial charge in [-0.2, -0.15) is 10.2 Å². The van der Waals surface area contributed by atoms with Crippen LogP contribution in [0.25, 0.3) is 0 Å². The van der Waals surface area contributed by atoms with Crippen molar-refractivity contribution >= 4 is 87.2 Å². The number of halogens is 2. The number of carbonyl (C=O) groups is 5. The van der Waals surface area contributed by atoms with Crippen molar-refractivity contribution < 1.29 is 29.1 Å². The number of aromatic hydroxyl groups is 1. The Morgan fingerprint density at radius 2 is 0.950 bits per heavy atom. The summed E-state index contributed by atoms with van der Waals surface area (Å²) in [4.78, 5) is 62.3. The van der Waals surface area contributed by atoms with Crippen LogP contribution in [0, 0.1) is 10.8 Å². The van der Waals surface area contributed by atoms with Gasteiger partial charge in [0, 0.05) is 52.8 Å². The first-order valence-corrected chi connectivity index (χ1v) is 18.4. The molecule has 0 aliphatic rings. The predicted octanol–water partition coefficient (Wildman–Crippen LogP) is 6.74. The van der Waals surface area contributed by atoms with E-state index < -0.39 is 29.5 Å². The number of primary amides is 1. The number of nitrogens with one attached hydrogen (secondary N) is 6. The van der Waals surface area contributed by atoms with Crippen LogP contribution in [0.15, 0.2) is 97.3 Å². The molecule has 0 unspecified atom stereocenters. The minimum absolute atomic E-state index is 0.0527. The third-order valence-electron chi connectivity index (χ3n) is 8.69. The number of phenols is 1. The van der Waals surface area contributed by atoms with Crippen LogP contribution < -0.4 is 27.0 Å². The number of anilines is 4. The van der Waals surface area contributed by atoms with E-state index in [2.05, 4.69) is 31.5 Å². The molecule has 60 heavy (non-hydrogen) atoms. The second-order valence-electron chi connectivity index (χ2n) is 13.0. The Balaban J connectivity index is 0.000000228. The standard InChI is InChI=1S/C21H19ClN6O3.C20H18ClN5O3/c1-11(23)12-3-5-13(6-4-12)20(30)27-19-16(10-25-28(19)2)21(31)26-17-8-7-14(22)9-15(17)18(24)29;1-11(22)12-3-5-13(6-4-12)19(28)25-18-15(10-23-26(18)2)20(29)24-16-8-7-14(21)9-17(16)27/h3-10,23H,1-2H3,(H2,24,29)(H,26,31)(H,27,30);3-10,22,27H,1-2H3,(H,24,29)(H,25,28). The first-order chi connectivity index (χ1) is 28.4. The van der Waals surface area contributed by atoms with Crippen molar-refractivity contribution in [2.24, 2.45) is 19.8 Å². The normalized spacial score (nSPS) is 10.4. The third-order valence-corrected chi connectivity index (χ3v) is 9.16. The average molecular weight is 851 g/mol. The Kier molecular flexibility index (Phi) is 13.6. The maximum Gasteiger partial charge on any atom is 0.261 e. The van der Waals surface area contributed by atoms with E-state index in [-0.39, 0.29) is 45.5 Å². The average Bonchev–Trinajstić information content (AvgIpc) is 3.77. The lowest BCUT2D eigenvalue weighted by atomic mass is 10.1. The molecule has 306 valence electrons. The maximum atomic E-state index is 12.8. The van der Waals surface area contributed by atoms with Gasteiger partial charge in [0.1, 0.15) is 28.5 Å². The molecule has 0 fully saturated rings. The number of aromatic nitrogens is 4. The van der Waals surface area contributed by atoms with Gasteiger partial charge >= 0.3 is 0 Å². The van der Waals surface area contributed by atoms with Crippen LogP contribution in [0.3, 0.4) is 0 Å². The number of benzene rings is 4. The molecule has 0 saturated heterocycles. The molecular formula is C41H37Cl2N11O6. The van der Waals surface area contributed by atoms with E-state index in [4.69, 9.17) is 39.8 Å². The highest BCUT2D eigenvalue weighted by Crippen LogP contribution is 2.28. The van der Waals surface area contributed by atoms with Crippen molar-refractivity contribution in [3.8, 4) is 5.75 Å². The smallest absolute Gasteiger partial charge is 0.261 e. The van der Waals surface area contributed by atoms with Crippen molar-refractivity contribution in [1.29, 1.82) is 10.8 Å². The fourth-order valence-corrected chi connectivity index (χ4v) is 5.76. The Morgan fingerprint density at radius 1 is 0.567 bits per heavy atom. The highest BCUT2D eigenvalue weighted by Gasteiger charge is 2.22. The number of amides is 5. The molecule has 0 saturated carbocycles. The number of hydrogen-bond donors (Lipinski definition) is 8. The summed E-state index contributed by atoms with van der Waals surface area (Å²) in [6, 6.07) is 21.7. The van der Waals surface area contributed by atoms with Gasteiger partial charge in [-0.1, -0.05) is 47.5 Å². The van der Waals surface area contributed by atoms with Crippen LogP contribution in [0.2, 0.25) is 10.0 Å². The highest BCUT2D eigenvalue weighted by molar-refractivity contribution is 6.31. The minimum Gasteiger partial charge on any atom is -0.506 e. The Morgan fingerprint density at radius 3 is 1.35 bits per heavy atom. The zero-order valence-electron chi connectivity index (χ0n) is 32.3. The summed E-state index contributed by atoms with van der Waals surface area (Å²) in [5.74, 6) is -2.58. The molecule has 5 amide bonds. The number of carbonyl (C=O) groups excluding carboxylic acids is 5. The van der Waals surface area contributed by atoms with Crippen molar-refractivity contribution in [2.75, 3.05) is 21.3 Å². The largest absolute Gasteiger partial charge is 0.506 e. The Labute approximate surface area is 352 Å². The predicted molar refractivity (Wildman–Crippen MR) is 229 cm³/mol. The summed E-state index contributed by atoms with van der Waals surface area (Å²) in [6.45, 7) is 3.31. The van der Waals surface area contributed by atoms with E-state index >= 15 is 0 Å². The van der Waals surface area contributed by atoms with E-state index in [0.717, 1.165) is 0 Å². The molecule has 0 bridgehead atoms. The van der Waals surface area contributed by atoms with Gasteiger partial charge in [0.05, 0.1) is 29.3 Å². The number of nitrogens with zero attached hydrogens (tertiary/aromatic N) is 4. The number of aryl methyl sites for hydroxylation is 2. The second-order valence-corrected chi connectivity index (χ2v) is 13.9.